The number of urea groups is 1. The van der Waals surface area contributed by atoms with E-state index < -0.39 is 0 Å². The van der Waals surface area contributed by atoms with Gasteiger partial charge in [-0.25, -0.2) is 4.79 Å². The number of nitrogens with one attached hydrogen (secondary N) is 1. The van der Waals surface area contributed by atoms with Crippen molar-refractivity contribution < 1.29 is 14.3 Å². The molecule has 1 aromatic rings. The molecule has 1 aliphatic carbocycles. The molecule has 1 saturated heterocycles. The number of ether oxygens (including phenoxy) is 2. The van der Waals surface area contributed by atoms with E-state index in [9.17, 15) is 4.79 Å². The van der Waals surface area contributed by atoms with Gasteiger partial charge in [0.2, 0.25) is 0 Å². The van der Waals surface area contributed by atoms with Crippen molar-refractivity contribution in [1.82, 2.24) is 4.90 Å². The predicted molar refractivity (Wildman–Crippen MR) is 85.6 cm³/mol. The van der Waals surface area contributed by atoms with E-state index in [1.54, 1.807) is 7.11 Å². The lowest BCUT2D eigenvalue weighted by atomic mass is 10.1. The molecule has 22 heavy (non-hydrogen) atoms. The molecule has 0 bridgehead atoms. The molecular formula is C17H24N2O3. The summed E-state index contributed by atoms with van der Waals surface area (Å²) >= 11 is 0. The van der Waals surface area contributed by atoms with E-state index in [1.165, 1.54) is 11.1 Å². The van der Waals surface area contributed by atoms with Crippen molar-refractivity contribution in [3.8, 4) is 5.75 Å². The Morgan fingerprint density at radius 2 is 2.27 bits per heavy atom. The van der Waals surface area contributed by atoms with E-state index in [4.69, 9.17) is 9.47 Å². The highest BCUT2D eigenvalue weighted by atomic mass is 16.5. The molecule has 0 saturated carbocycles. The van der Waals surface area contributed by atoms with Gasteiger partial charge in [-0.2, -0.15) is 0 Å². The molecule has 1 heterocycles. The minimum absolute atomic E-state index is 0.0593. The summed E-state index contributed by atoms with van der Waals surface area (Å²) < 4.78 is 11.0. The zero-order valence-electron chi connectivity index (χ0n) is 13.4. The van der Waals surface area contributed by atoms with Crippen LogP contribution < -0.4 is 10.1 Å². The minimum atomic E-state index is -0.0593. The van der Waals surface area contributed by atoms with Gasteiger partial charge in [0.15, 0.2) is 0 Å². The molecule has 0 aromatic heterocycles. The van der Waals surface area contributed by atoms with Crippen LogP contribution in [0, 0.1) is 5.92 Å². The van der Waals surface area contributed by atoms with Gasteiger partial charge in [0.1, 0.15) is 5.75 Å². The summed E-state index contributed by atoms with van der Waals surface area (Å²) in [6.07, 6.45) is 3.22. The van der Waals surface area contributed by atoms with Crippen LogP contribution in [0.4, 0.5) is 10.5 Å². The summed E-state index contributed by atoms with van der Waals surface area (Å²) in [4.78, 5) is 14.5. The van der Waals surface area contributed by atoms with Crippen LogP contribution in [0.25, 0.3) is 0 Å². The second kappa shape index (κ2) is 6.57. The Balaban J connectivity index is 1.80. The normalized spacial score (nSPS) is 21.2. The molecule has 1 atom stereocenters. The Kier molecular flexibility index (Phi) is 4.52. The highest BCUT2D eigenvalue weighted by molar-refractivity contribution is 5.92. The summed E-state index contributed by atoms with van der Waals surface area (Å²) in [5.41, 5.74) is 3.40. The number of nitrogens with zero attached hydrogens (tertiary/aromatic N) is 1. The third-order valence-corrected chi connectivity index (χ3v) is 4.42. The van der Waals surface area contributed by atoms with Crippen LogP contribution in [0.1, 0.15) is 24.5 Å². The van der Waals surface area contributed by atoms with Gasteiger partial charge in [0.05, 0.1) is 26.0 Å². The number of hydrogen-bond acceptors (Lipinski definition) is 3. The fourth-order valence-electron chi connectivity index (χ4n) is 3.30. The molecule has 2 amide bonds. The highest BCUT2D eigenvalue weighted by Crippen LogP contribution is 2.36. The van der Waals surface area contributed by atoms with Crippen LogP contribution in [0.15, 0.2) is 12.1 Å². The molecule has 1 unspecified atom stereocenters. The SMILES string of the molecule is COc1ccc2c(c1NC(=O)N1CCOCC(C)C1)CCC2. The van der Waals surface area contributed by atoms with Gasteiger partial charge in [-0.15, -0.1) is 0 Å². The van der Waals surface area contributed by atoms with Gasteiger partial charge < -0.3 is 19.7 Å². The number of aryl methyl sites for hydroxylation is 1. The molecule has 5 nitrogen and oxygen atoms in total. The lowest BCUT2D eigenvalue weighted by Gasteiger charge is -2.24. The molecule has 120 valence electrons. The van der Waals surface area contributed by atoms with Crippen LogP contribution >= 0.6 is 0 Å². The fraction of sp³-hybridized carbons (Fsp3) is 0.588. The third-order valence-electron chi connectivity index (χ3n) is 4.42. The van der Waals surface area contributed by atoms with Gasteiger partial charge in [0, 0.05) is 13.1 Å². The lowest BCUT2D eigenvalue weighted by molar-refractivity contribution is 0.127. The second-order valence-electron chi connectivity index (χ2n) is 6.19. The van der Waals surface area contributed by atoms with Crippen molar-refractivity contribution in [3.05, 3.63) is 23.3 Å². The van der Waals surface area contributed by atoms with E-state index in [-0.39, 0.29) is 6.03 Å². The Hall–Kier alpha value is -1.75. The second-order valence-corrected chi connectivity index (χ2v) is 6.19. The number of rotatable bonds is 2. The van der Waals surface area contributed by atoms with Crippen molar-refractivity contribution in [2.75, 3.05) is 38.7 Å². The lowest BCUT2D eigenvalue weighted by Crippen LogP contribution is -2.38. The first-order valence-corrected chi connectivity index (χ1v) is 8.01. The van der Waals surface area contributed by atoms with E-state index in [0.717, 1.165) is 37.2 Å². The molecule has 1 N–H and O–H groups in total. The summed E-state index contributed by atoms with van der Waals surface area (Å²) in [5, 5.41) is 3.09. The van der Waals surface area contributed by atoms with E-state index in [2.05, 4.69) is 18.3 Å². The first-order chi connectivity index (χ1) is 10.7. The predicted octanol–water partition coefficient (Wildman–Crippen LogP) is 2.68. The zero-order valence-corrected chi connectivity index (χ0v) is 13.4. The molecule has 2 aliphatic rings. The number of fused-ring (bicyclic) bond motifs is 1. The maximum absolute atomic E-state index is 12.6. The fourth-order valence-corrected chi connectivity index (χ4v) is 3.30. The van der Waals surface area contributed by atoms with Gasteiger partial charge in [0.25, 0.3) is 0 Å². The van der Waals surface area contributed by atoms with Crippen molar-refractivity contribution in [1.29, 1.82) is 0 Å². The highest BCUT2D eigenvalue weighted by Gasteiger charge is 2.24. The molecule has 0 spiro atoms. The Morgan fingerprint density at radius 3 is 3.09 bits per heavy atom. The van der Waals surface area contributed by atoms with Crippen LogP contribution in [-0.4, -0.2) is 44.3 Å². The maximum atomic E-state index is 12.6. The Morgan fingerprint density at radius 1 is 1.41 bits per heavy atom. The number of carbonyl (C=O) groups is 1. The summed E-state index contributed by atoms with van der Waals surface area (Å²) in [5.74, 6) is 1.10. The minimum Gasteiger partial charge on any atom is -0.495 e. The van der Waals surface area contributed by atoms with Gasteiger partial charge in [-0.3, -0.25) is 0 Å². The summed E-state index contributed by atoms with van der Waals surface area (Å²) in [7, 11) is 1.65. The van der Waals surface area contributed by atoms with Crippen LogP contribution in [-0.2, 0) is 17.6 Å². The molecule has 5 heteroatoms. The van der Waals surface area contributed by atoms with Crippen LogP contribution in [0.5, 0.6) is 5.75 Å². The zero-order chi connectivity index (χ0) is 15.5. The quantitative estimate of drug-likeness (QED) is 0.914. The Bertz CT molecular complexity index is 559. The van der Waals surface area contributed by atoms with E-state index in [0.29, 0.717) is 25.7 Å². The summed E-state index contributed by atoms with van der Waals surface area (Å²) in [6.45, 7) is 4.78. The standard InChI is InChI=1S/C17H24N2O3/c1-12-10-19(8-9-22-11-12)17(20)18-16-14-5-3-4-13(14)6-7-15(16)21-2/h6-7,12H,3-5,8-11H2,1-2H3,(H,18,20). The summed E-state index contributed by atoms with van der Waals surface area (Å²) in [6, 6.07) is 4.00. The molecule has 1 fully saturated rings. The van der Waals surface area contributed by atoms with Gasteiger partial charge in [-0.05, 0) is 42.4 Å². The smallest absolute Gasteiger partial charge is 0.322 e. The largest absolute Gasteiger partial charge is 0.495 e. The Labute approximate surface area is 131 Å². The number of carbonyl (C=O) groups excluding carboxylic acids is 1. The van der Waals surface area contributed by atoms with Crippen molar-refractivity contribution in [2.24, 2.45) is 5.92 Å². The molecule has 1 aromatic carbocycles. The first kappa shape index (κ1) is 15.2. The molecule has 3 rings (SSSR count). The van der Waals surface area contributed by atoms with Gasteiger partial charge >= 0.3 is 6.03 Å². The number of hydrogen-bond donors (Lipinski definition) is 1. The number of methoxy groups -OCH3 is 1. The number of anilines is 1. The molecule has 0 radical (unpaired) electrons. The monoisotopic (exact) mass is 304 g/mol. The maximum Gasteiger partial charge on any atom is 0.322 e. The number of amides is 2. The third kappa shape index (κ3) is 3.04. The molecule has 1 aliphatic heterocycles. The molecular weight excluding hydrogens is 280 g/mol. The number of benzene rings is 1. The van der Waals surface area contributed by atoms with Crippen molar-refractivity contribution in [3.63, 3.8) is 0 Å². The van der Waals surface area contributed by atoms with E-state index in [1.807, 2.05) is 11.0 Å². The topological polar surface area (TPSA) is 50.8 Å². The van der Waals surface area contributed by atoms with Crippen LogP contribution in [0.3, 0.4) is 0 Å². The average molecular weight is 304 g/mol. The van der Waals surface area contributed by atoms with Crippen molar-refractivity contribution >= 4 is 11.7 Å². The first-order valence-electron chi connectivity index (χ1n) is 8.01. The van der Waals surface area contributed by atoms with Gasteiger partial charge in [-0.1, -0.05) is 13.0 Å². The van der Waals surface area contributed by atoms with Crippen molar-refractivity contribution in [2.45, 2.75) is 26.2 Å². The van der Waals surface area contributed by atoms with E-state index >= 15 is 0 Å². The average Bonchev–Trinajstić information content (AvgIpc) is 2.89. The van der Waals surface area contributed by atoms with Crippen LogP contribution in [0.2, 0.25) is 0 Å².